The van der Waals surface area contributed by atoms with E-state index in [2.05, 4.69) is 24.2 Å². The van der Waals surface area contributed by atoms with Crippen molar-refractivity contribution >= 4 is 16.9 Å². The summed E-state index contributed by atoms with van der Waals surface area (Å²) in [5.41, 5.74) is 3.19. The first-order valence-electron chi connectivity index (χ1n) is 9.96. The monoisotopic (exact) mass is 439 g/mol. The lowest BCUT2D eigenvalue weighted by molar-refractivity contribution is -0.286. The zero-order chi connectivity index (χ0) is 22.0. The van der Waals surface area contributed by atoms with E-state index < -0.39 is 12.3 Å². The molecule has 1 N–H and O–H groups in total. The zero-order valence-corrected chi connectivity index (χ0v) is 16.4. The minimum atomic E-state index is -3.70. The van der Waals surface area contributed by atoms with E-state index in [1.165, 1.54) is 18.2 Å². The molecule has 8 nitrogen and oxygen atoms in total. The van der Waals surface area contributed by atoms with E-state index in [0.717, 1.165) is 35.1 Å². The van der Waals surface area contributed by atoms with Gasteiger partial charge in [-0.2, -0.15) is 4.98 Å². The molecule has 0 unspecified atom stereocenters. The van der Waals surface area contributed by atoms with Crippen molar-refractivity contribution in [3.63, 3.8) is 0 Å². The predicted molar refractivity (Wildman–Crippen MR) is 106 cm³/mol. The van der Waals surface area contributed by atoms with Crippen LogP contribution >= 0.6 is 0 Å². The maximum absolute atomic E-state index is 13.2. The number of aliphatic carboxylic acids is 1. The number of carboxylic acid groups (broad SMARTS) is 1. The molecule has 4 heterocycles. The summed E-state index contributed by atoms with van der Waals surface area (Å²) in [6.07, 6.45) is -2.77. The second-order valence-corrected chi connectivity index (χ2v) is 7.83. The number of alkyl halides is 2. The van der Waals surface area contributed by atoms with Crippen LogP contribution < -0.4 is 9.47 Å². The molecule has 0 bridgehead atoms. The van der Waals surface area contributed by atoms with E-state index in [0.29, 0.717) is 11.4 Å². The molecule has 0 fully saturated rings. The lowest BCUT2D eigenvalue weighted by Gasteiger charge is -2.04. The van der Waals surface area contributed by atoms with Gasteiger partial charge in [-0.3, -0.25) is 4.79 Å². The summed E-state index contributed by atoms with van der Waals surface area (Å²) in [6, 6.07) is 12.0. The summed E-state index contributed by atoms with van der Waals surface area (Å²) in [5, 5.41) is 14.1. The molecule has 1 atom stereocenters. The van der Waals surface area contributed by atoms with Crippen molar-refractivity contribution < 1.29 is 32.7 Å². The highest BCUT2D eigenvalue weighted by molar-refractivity contribution is 5.86. The summed E-state index contributed by atoms with van der Waals surface area (Å²) in [5.74, 6) is -0.472. The third kappa shape index (κ3) is 2.98. The Morgan fingerprint density at radius 1 is 1.12 bits per heavy atom. The Kier molecular flexibility index (Phi) is 3.83. The van der Waals surface area contributed by atoms with Gasteiger partial charge in [0, 0.05) is 40.2 Å². The van der Waals surface area contributed by atoms with Crippen LogP contribution in [0.15, 0.2) is 47.0 Å². The maximum atomic E-state index is 13.2. The summed E-state index contributed by atoms with van der Waals surface area (Å²) in [7, 11) is 0. The molecule has 6 rings (SSSR count). The van der Waals surface area contributed by atoms with Gasteiger partial charge in [-0.1, -0.05) is 5.16 Å². The average molecular weight is 439 g/mol. The Morgan fingerprint density at radius 2 is 1.94 bits per heavy atom. The van der Waals surface area contributed by atoms with Gasteiger partial charge in [-0.05, 0) is 48.9 Å². The van der Waals surface area contributed by atoms with Gasteiger partial charge in [0.05, 0.1) is 6.42 Å². The number of halogens is 2. The first kappa shape index (κ1) is 18.8. The number of fused-ring (bicyclic) bond motifs is 4. The first-order valence-corrected chi connectivity index (χ1v) is 9.96. The van der Waals surface area contributed by atoms with Crippen molar-refractivity contribution in [2.45, 2.75) is 31.6 Å². The second kappa shape index (κ2) is 6.52. The normalized spacial score (nSPS) is 18.2. The number of hydrogen-bond donors (Lipinski definition) is 1. The van der Waals surface area contributed by atoms with Crippen LogP contribution in [0, 0.1) is 0 Å². The van der Waals surface area contributed by atoms with E-state index in [1.54, 1.807) is 0 Å². The Hall–Kier alpha value is -3.95. The fraction of sp³-hybridized carbons (Fsp3) is 0.227. The van der Waals surface area contributed by atoms with E-state index >= 15 is 0 Å². The van der Waals surface area contributed by atoms with Gasteiger partial charge in [0.15, 0.2) is 11.5 Å². The van der Waals surface area contributed by atoms with Gasteiger partial charge in [0.25, 0.3) is 5.89 Å². The van der Waals surface area contributed by atoms with Crippen molar-refractivity contribution in [2.24, 2.45) is 0 Å². The van der Waals surface area contributed by atoms with Crippen LogP contribution in [0.25, 0.3) is 33.7 Å². The molecule has 2 aromatic heterocycles. The molecule has 0 aliphatic carbocycles. The van der Waals surface area contributed by atoms with Crippen molar-refractivity contribution in [3.8, 4) is 34.3 Å². The summed E-state index contributed by atoms with van der Waals surface area (Å²) < 4.78 is 42.8. The zero-order valence-electron chi connectivity index (χ0n) is 16.4. The summed E-state index contributed by atoms with van der Waals surface area (Å²) >= 11 is 0. The third-order valence-electron chi connectivity index (χ3n) is 5.81. The quantitative estimate of drug-likeness (QED) is 0.494. The highest BCUT2D eigenvalue weighted by Crippen LogP contribution is 2.43. The van der Waals surface area contributed by atoms with Crippen LogP contribution in [0.3, 0.4) is 0 Å². The molecule has 0 amide bonds. The molecule has 0 saturated carbocycles. The SMILES string of the molecule is O=C(O)C[C@H]1CCn2c1cc1cc(-c3noc(-c4ccc5c(c4)OC(F)(F)O5)n3)ccc12. The van der Waals surface area contributed by atoms with Crippen LogP contribution in [0.5, 0.6) is 11.5 Å². The van der Waals surface area contributed by atoms with E-state index in [4.69, 9.17) is 9.63 Å². The van der Waals surface area contributed by atoms with E-state index in [-0.39, 0.29) is 29.7 Å². The Bertz CT molecular complexity index is 1390. The molecule has 162 valence electrons. The minimum Gasteiger partial charge on any atom is -0.481 e. The van der Waals surface area contributed by atoms with Gasteiger partial charge in [0.2, 0.25) is 5.82 Å². The number of ether oxygens (including phenoxy) is 2. The fourth-order valence-electron chi connectivity index (χ4n) is 4.41. The molecule has 2 aromatic carbocycles. The minimum absolute atomic E-state index is 0.00138. The number of aromatic nitrogens is 3. The predicted octanol–water partition coefficient (Wildman–Crippen LogP) is 4.64. The topological polar surface area (TPSA) is 99.6 Å². The second-order valence-electron chi connectivity index (χ2n) is 7.83. The van der Waals surface area contributed by atoms with Crippen LogP contribution in [0.2, 0.25) is 0 Å². The smallest absolute Gasteiger partial charge is 0.481 e. The Labute approximate surface area is 179 Å². The lowest BCUT2D eigenvalue weighted by atomic mass is 10.0. The molecular weight excluding hydrogens is 424 g/mol. The standard InChI is InChI=1S/C22H15F2N3O5/c23-22(24)30-17-4-2-13(9-18(17)31-22)21-25-20(26-32-21)12-1-3-15-14(7-12)8-16-11(10-19(28)29)5-6-27(15)16/h1-4,7-9,11H,5-6,10H2,(H,28,29)/t11-/m1/s1. The molecule has 2 aliphatic heterocycles. The van der Waals surface area contributed by atoms with E-state index in [1.807, 2.05) is 24.3 Å². The highest BCUT2D eigenvalue weighted by Gasteiger charge is 2.43. The first-order chi connectivity index (χ1) is 15.4. The van der Waals surface area contributed by atoms with Crippen LogP contribution in [0.4, 0.5) is 8.78 Å². The number of nitrogens with zero attached hydrogens (tertiary/aromatic N) is 3. The molecular formula is C22H15F2N3O5. The average Bonchev–Trinajstić information content (AvgIpc) is 3.48. The van der Waals surface area contributed by atoms with Gasteiger partial charge in [0.1, 0.15) is 0 Å². The van der Waals surface area contributed by atoms with Crippen LogP contribution in [-0.2, 0) is 11.3 Å². The molecule has 0 spiro atoms. The highest BCUT2D eigenvalue weighted by atomic mass is 19.3. The van der Waals surface area contributed by atoms with Crippen molar-refractivity contribution in [1.29, 1.82) is 0 Å². The molecule has 32 heavy (non-hydrogen) atoms. The number of hydrogen-bond acceptors (Lipinski definition) is 6. The van der Waals surface area contributed by atoms with Crippen molar-refractivity contribution in [1.82, 2.24) is 14.7 Å². The number of benzene rings is 2. The molecule has 10 heteroatoms. The lowest BCUT2D eigenvalue weighted by Crippen LogP contribution is -2.25. The third-order valence-corrected chi connectivity index (χ3v) is 5.81. The van der Waals surface area contributed by atoms with Crippen LogP contribution in [0.1, 0.15) is 24.5 Å². The number of carboxylic acids is 1. The van der Waals surface area contributed by atoms with Crippen molar-refractivity contribution in [2.75, 3.05) is 0 Å². The summed E-state index contributed by atoms with van der Waals surface area (Å²) in [6.45, 7) is 0.783. The Balaban J connectivity index is 1.31. The number of carbonyl (C=O) groups is 1. The summed E-state index contributed by atoms with van der Waals surface area (Å²) in [4.78, 5) is 15.5. The number of rotatable bonds is 4. The molecule has 0 radical (unpaired) electrons. The van der Waals surface area contributed by atoms with Gasteiger partial charge in [-0.15, -0.1) is 8.78 Å². The number of aryl methyl sites for hydroxylation is 1. The van der Waals surface area contributed by atoms with Gasteiger partial charge >= 0.3 is 12.3 Å². The van der Waals surface area contributed by atoms with Crippen LogP contribution in [-0.4, -0.2) is 32.1 Å². The maximum Gasteiger partial charge on any atom is 0.586 e. The fourth-order valence-corrected chi connectivity index (χ4v) is 4.41. The largest absolute Gasteiger partial charge is 0.586 e. The Morgan fingerprint density at radius 3 is 2.78 bits per heavy atom. The molecule has 0 saturated heterocycles. The molecule has 4 aromatic rings. The molecule has 2 aliphatic rings. The van der Waals surface area contributed by atoms with E-state index in [9.17, 15) is 13.6 Å². The van der Waals surface area contributed by atoms with Crippen molar-refractivity contribution in [3.05, 3.63) is 48.2 Å². The van der Waals surface area contributed by atoms with Gasteiger partial charge < -0.3 is 23.7 Å². The van der Waals surface area contributed by atoms with Gasteiger partial charge in [-0.25, -0.2) is 0 Å².